The molecule has 0 aliphatic heterocycles. The normalized spacial score (nSPS) is 10.8. The van der Waals surface area contributed by atoms with Crippen molar-refractivity contribution in [3.05, 3.63) is 45.7 Å². The Kier molecular flexibility index (Phi) is 3.70. The molecule has 0 unspecified atom stereocenters. The van der Waals surface area contributed by atoms with Gasteiger partial charge in [-0.3, -0.25) is 0 Å². The minimum absolute atomic E-state index is 0.530. The van der Waals surface area contributed by atoms with Gasteiger partial charge in [-0.1, -0.05) is 6.07 Å². The Labute approximate surface area is 127 Å². The van der Waals surface area contributed by atoms with E-state index in [2.05, 4.69) is 27.4 Å². The topological polar surface area (TPSA) is 63.8 Å². The molecule has 1 N–H and O–H groups in total. The van der Waals surface area contributed by atoms with Crippen molar-refractivity contribution in [1.82, 2.24) is 15.2 Å². The Bertz CT molecular complexity index is 749. The Balaban J connectivity index is 1.82. The lowest BCUT2D eigenvalue weighted by molar-refractivity contribution is 0.568. The number of aromatic nitrogens is 3. The van der Waals surface area contributed by atoms with Crippen LogP contribution in [-0.4, -0.2) is 15.2 Å². The number of nitrogens with one attached hydrogen (secondary N) is 1. The molecular formula is C15H16N4OS. The summed E-state index contributed by atoms with van der Waals surface area (Å²) in [7, 11) is 0. The predicted octanol–water partition coefficient (Wildman–Crippen LogP) is 3.73. The van der Waals surface area contributed by atoms with Gasteiger partial charge in [-0.25, -0.2) is 4.98 Å². The second-order valence-electron chi connectivity index (χ2n) is 4.87. The SMILES string of the molecule is Cc1nc(C)c(CNc2cc(-c3nnco3)ccc2C)s1. The van der Waals surface area contributed by atoms with Crippen LogP contribution in [0.5, 0.6) is 0 Å². The van der Waals surface area contributed by atoms with Crippen LogP contribution in [0.4, 0.5) is 5.69 Å². The maximum Gasteiger partial charge on any atom is 0.247 e. The molecular weight excluding hydrogens is 284 g/mol. The summed E-state index contributed by atoms with van der Waals surface area (Å²) < 4.78 is 5.24. The van der Waals surface area contributed by atoms with Gasteiger partial charge in [0.05, 0.1) is 17.2 Å². The summed E-state index contributed by atoms with van der Waals surface area (Å²) in [5.41, 5.74) is 4.25. The van der Waals surface area contributed by atoms with E-state index in [-0.39, 0.29) is 0 Å². The zero-order valence-electron chi connectivity index (χ0n) is 12.2. The lowest BCUT2D eigenvalue weighted by Crippen LogP contribution is -2.01. The summed E-state index contributed by atoms with van der Waals surface area (Å²) in [6.45, 7) is 6.92. The Morgan fingerprint density at radius 1 is 1.24 bits per heavy atom. The van der Waals surface area contributed by atoms with Crippen molar-refractivity contribution >= 4 is 17.0 Å². The maximum atomic E-state index is 5.24. The van der Waals surface area contributed by atoms with Gasteiger partial charge in [0, 0.05) is 16.1 Å². The van der Waals surface area contributed by atoms with E-state index in [0.29, 0.717) is 5.89 Å². The molecule has 0 bridgehead atoms. The molecule has 0 aliphatic rings. The van der Waals surface area contributed by atoms with E-state index in [1.807, 2.05) is 32.0 Å². The molecule has 6 heteroatoms. The number of anilines is 1. The van der Waals surface area contributed by atoms with Gasteiger partial charge in [-0.15, -0.1) is 21.5 Å². The molecule has 0 amide bonds. The van der Waals surface area contributed by atoms with Gasteiger partial charge in [-0.05, 0) is 38.5 Å². The summed E-state index contributed by atoms with van der Waals surface area (Å²) in [6, 6.07) is 6.06. The molecule has 108 valence electrons. The average molecular weight is 300 g/mol. The number of thiazole rings is 1. The van der Waals surface area contributed by atoms with Crippen LogP contribution in [-0.2, 0) is 6.54 Å². The highest BCUT2D eigenvalue weighted by molar-refractivity contribution is 7.11. The maximum absolute atomic E-state index is 5.24. The fourth-order valence-electron chi connectivity index (χ4n) is 2.16. The lowest BCUT2D eigenvalue weighted by Gasteiger charge is -2.10. The Morgan fingerprint density at radius 2 is 2.10 bits per heavy atom. The molecule has 0 saturated carbocycles. The van der Waals surface area contributed by atoms with Crippen LogP contribution in [0.25, 0.3) is 11.5 Å². The second-order valence-corrected chi connectivity index (χ2v) is 6.16. The lowest BCUT2D eigenvalue weighted by atomic mass is 10.1. The van der Waals surface area contributed by atoms with E-state index in [1.54, 1.807) is 11.3 Å². The minimum Gasteiger partial charge on any atom is -0.423 e. The van der Waals surface area contributed by atoms with E-state index >= 15 is 0 Å². The zero-order valence-corrected chi connectivity index (χ0v) is 13.0. The number of hydrogen-bond acceptors (Lipinski definition) is 6. The van der Waals surface area contributed by atoms with Crippen LogP contribution in [0.15, 0.2) is 29.0 Å². The molecule has 21 heavy (non-hydrogen) atoms. The number of aryl methyl sites for hydroxylation is 3. The summed E-state index contributed by atoms with van der Waals surface area (Å²) in [5, 5.41) is 12.2. The fourth-order valence-corrected chi connectivity index (χ4v) is 3.03. The molecule has 0 aliphatic carbocycles. The smallest absolute Gasteiger partial charge is 0.247 e. The molecule has 0 fully saturated rings. The van der Waals surface area contributed by atoms with Crippen LogP contribution in [0.2, 0.25) is 0 Å². The number of benzene rings is 1. The molecule has 0 atom stereocenters. The predicted molar refractivity (Wildman–Crippen MR) is 83.4 cm³/mol. The van der Waals surface area contributed by atoms with E-state index in [4.69, 9.17) is 4.42 Å². The standard InChI is InChI=1S/C15H16N4OS/c1-9-4-5-12(15-19-17-8-20-15)6-13(9)16-7-14-10(2)18-11(3)21-14/h4-6,8,16H,7H2,1-3H3. The van der Waals surface area contributed by atoms with E-state index in [1.165, 1.54) is 16.8 Å². The minimum atomic E-state index is 0.530. The molecule has 2 aromatic heterocycles. The Morgan fingerprint density at radius 3 is 2.76 bits per heavy atom. The largest absolute Gasteiger partial charge is 0.423 e. The molecule has 3 rings (SSSR count). The van der Waals surface area contributed by atoms with Gasteiger partial charge in [0.2, 0.25) is 12.3 Å². The molecule has 5 nitrogen and oxygen atoms in total. The third kappa shape index (κ3) is 2.95. The van der Waals surface area contributed by atoms with Gasteiger partial charge in [0.15, 0.2) is 0 Å². The van der Waals surface area contributed by atoms with Gasteiger partial charge in [0.25, 0.3) is 0 Å². The summed E-state index contributed by atoms with van der Waals surface area (Å²) in [4.78, 5) is 5.71. The first kappa shape index (κ1) is 13.8. The quantitative estimate of drug-likeness (QED) is 0.795. The van der Waals surface area contributed by atoms with E-state index in [9.17, 15) is 0 Å². The first-order valence-corrected chi connectivity index (χ1v) is 7.49. The number of nitrogens with zero attached hydrogens (tertiary/aromatic N) is 3. The highest BCUT2D eigenvalue weighted by Gasteiger charge is 2.08. The highest BCUT2D eigenvalue weighted by Crippen LogP contribution is 2.25. The van der Waals surface area contributed by atoms with Crippen LogP contribution in [0.1, 0.15) is 21.1 Å². The van der Waals surface area contributed by atoms with E-state index in [0.717, 1.165) is 28.5 Å². The summed E-state index contributed by atoms with van der Waals surface area (Å²) in [6.07, 6.45) is 1.34. The monoisotopic (exact) mass is 300 g/mol. The number of rotatable bonds is 4. The number of hydrogen-bond donors (Lipinski definition) is 1. The van der Waals surface area contributed by atoms with E-state index < -0.39 is 0 Å². The van der Waals surface area contributed by atoms with Crippen molar-refractivity contribution in [2.24, 2.45) is 0 Å². The van der Waals surface area contributed by atoms with Gasteiger partial charge in [-0.2, -0.15) is 0 Å². The van der Waals surface area contributed by atoms with Gasteiger partial charge >= 0.3 is 0 Å². The highest BCUT2D eigenvalue weighted by atomic mass is 32.1. The zero-order chi connectivity index (χ0) is 14.8. The second kappa shape index (κ2) is 5.65. The summed E-state index contributed by atoms with van der Waals surface area (Å²) in [5.74, 6) is 0.530. The molecule has 0 spiro atoms. The third-order valence-corrected chi connectivity index (χ3v) is 4.36. The molecule has 0 saturated heterocycles. The first-order valence-electron chi connectivity index (χ1n) is 6.67. The van der Waals surface area contributed by atoms with Crippen LogP contribution in [0.3, 0.4) is 0 Å². The van der Waals surface area contributed by atoms with Crippen molar-refractivity contribution in [3.8, 4) is 11.5 Å². The van der Waals surface area contributed by atoms with Gasteiger partial charge < -0.3 is 9.73 Å². The Hall–Kier alpha value is -2.21. The van der Waals surface area contributed by atoms with Crippen molar-refractivity contribution in [3.63, 3.8) is 0 Å². The fraction of sp³-hybridized carbons (Fsp3) is 0.267. The average Bonchev–Trinajstić information content (AvgIpc) is 3.08. The summed E-state index contributed by atoms with van der Waals surface area (Å²) >= 11 is 1.73. The molecule has 0 radical (unpaired) electrons. The molecule has 2 heterocycles. The molecule has 1 aromatic carbocycles. The molecule has 3 aromatic rings. The van der Waals surface area contributed by atoms with Crippen molar-refractivity contribution in [2.75, 3.05) is 5.32 Å². The van der Waals surface area contributed by atoms with Crippen LogP contribution >= 0.6 is 11.3 Å². The van der Waals surface area contributed by atoms with Crippen molar-refractivity contribution < 1.29 is 4.42 Å². The van der Waals surface area contributed by atoms with Crippen molar-refractivity contribution in [1.29, 1.82) is 0 Å². The third-order valence-electron chi connectivity index (χ3n) is 3.28. The van der Waals surface area contributed by atoms with Crippen LogP contribution in [0, 0.1) is 20.8 Å². The van der Waals surface area contributed by atoms with Gasteiger partial charge in [0.1, 0.15) is 0 Å². The van der Waals surface area contributed by atoms with Crippen LogP contribution < -0.4 is 5.32 Å². The van der Waals surface area contributed by atoms with Crippen molar-refractivity contribution in [2.45, 2.75) is 27.3 Å². The first-order chi connectivity index (χ1) is 10.1.